The fourth-order valence-electron chi connectivity index (χ4n) is 6.08. The van der Waals surface area contributed by atoms with Gasteiger partial charge in [0.25, 0.3) is 0 Å². The number of aromatic amines is 2. The zero-order valence-electron chi connectivity index (χ0n) is 24.2. The molecule has 1 aliphatic carbocycles. The van der Waals surface area contributed by atoms with Gasteiger partial charge in [-0.25, -0.2) is 9.37 Å². The number of pyridine rings is 1. The Morgan fingerprint density at radius 3 is 2.73 bits per heavy atom. The first kappa shape index (κ1) is 27.7. The van der Waals surface area contributed by atoms with E-state index in [0.717, 1.165) is 65.3 Å². The van der Waals surface area contributed by atoms with Crippen molar-refractivity contribution in [2.24, 2.45) is 5.92 Å². The quantitative estimate of drug-likeness (QED) is 0.162. The Labute approximate surface area is 253 Å². The van der Waals surface area contributed by atoms with E-state index < -0.39 is 5.82 Å². The second-order valence-electron chi connectivity index (χ2n) is 11.6. The smallest absolute Gasteiger partial charge is 0.224 e. The van der Waals surface area contributed by atoms with Gasteiger partial charge in [0.1, 0.15) is 17.3 Å². The van der Waals surface area contributed by atoms with Crippen LogP contribution in [0.25, 0.3) is 39.1 Å². The number of anilines is 1. The summed E-state index contributed by atoms with van der Waals surface area (Å²) < 4.78 is 14.2. The van der Waals surface area contributed by atoms with Gasteiger partial charge in [-0.3, -0.25) is 14.9 Å². The molecule has 0 saturated carbocycles. The zero-order chi connectivity index (χ0) is 30.2. The summed E-state index contributed by atoms with van der Waals surface area (Å²) in [5.74, 6) is 0.325. The van der Waals surface area contributed by atoms with Crippen LogP contribution in [0, 0.1) is 11.7 Å². The van der Waals surface area contributed by atoms with E-state index in [0.29, 0.717) is 52.8 Å². The van der Waals surface area contributed by atoms with Gasteiger partial charge in [-0.1, -0.05) is 23.8 Å². The number of halogens is 1. The summed E-state index contributed by atoms with van der Waals surface area (Å²) in [7, 11) is 0. The van der Waals surface area contributed by atoms with Crippen molar-refractivity contribution >= 4 is 28.1 Å². The fourth-order valence-corrected chi connectivity index (χ4v) is 6.08. The number of rotatable bonds is 6. The first-order valence-electron chi connectivity index (χ1n) is 14.8. The zero-order valence-corrected chi connectivity index (χ0v) is 24.2. The lowest BCUT2D eigenvalue weighted by Crippen LogP contribution is -2.30. The van der Waals surface area contributed by atoms with Crippen molar-refractivity contribution in [3.05, 3.63) is 95.4 Å². The lowest BCUT2D eigenvalue weighted by molar-refractivity contribution is -0.117. The first-order valence-corrected chi connectivity index (χ1v) is 14.8. The number of amides is 1. The minimum atomic E-state index is -0.520. The van der Waals surface area contributed by atoms with Gasteiger partial charge in [-0.15, -0.1) is 0 Å². The second kappa shape index (κ2) is 11.5. The third-order valence-electron chi connectivity index (χ3n) is 8.29. The third kappa shape index (κ3) is 5.63. The first-order chi connectivity index (χ1) is 21.4. The van der Waals surface area contributed by atoms with Gasteiger partial charge in [0.05, 0.1) is 23.1 Å². The molecule has 10 heteroatoms. The van der Waals surface area contributed by atoms with Crippen LogP contribution in [-0.4, -0.2) is 49.3 Å². The summed E-state index contributed by atoms with van der Waals surface area (Å²) in [5.41, 5.74) is 7.87. The third-order valence-corrected chi connectivity index (χ3v) is 8.29. The molecular formula is C34H32FN7O2. The van der Waals surface area contributed by atoms with Crippen LogP contribution >= 0.6 is 0 Å². The number of allylic oxidation sites excluding steroid dienone is 3. The van der Waals surface area contributed by atoms with Crippen molar-refractivity contribution in [1.29, 1.82) is 0 Å². The maximum absolute atomic E-state index is 14.2. The minimum Gasteiger partial charge on any atom is -0.508 e. The number of hydrogen-bond acceptors (Lipinski definition) is 6. The van der Waals surface area contributed by atoms with Crippen molar-refractivity contribution in [1.82, 2.24) is 30.5 Å². The van der Waals surface area contributed by atoms with Gasteiger partial charge in [-0.2, -0.15) is 5.10 Å². The predicted molar refractivity (Wildman–Crippen MR) is 168 cm³/mol. The Morgan fingerprint density at radius 2 is 1.89 bits per heavy atom. The molecule has 0 bridgehead atoms. The summed E-state index contributed by atoms with van der Waals surface area (Å²) in [6.07, 6.45) is 10.5. The summed E-state index contributed by atoms with van der Waals surface area (Å²) in [5, 5.41) is 25.0. The number of aromatic hydroxyl groups is 1. The van der Waals surface area contributed by atoms with E-state index in [1.807, 2.05) is 43.3 Å². The van der Waals surface area contributed by atoms with Crippen molar-refractivity contribution in [2.75, 3.05) is 18.4 Å². The van der Waals surface area contributed by atoms with Gasteiger partial charge in [0.15, 0.2) is 5.82 Å². The van der Waals surface area contributed by atoms with Crippen molar-refractivity contribution in [3.8, 4) is 28.4 Å². The number of nitrogens with one attached hydrogen (secondary N) is 4. The molecule has 4 heterocycles. The number of aromatic nitrogens is 5. The molecule has 0 unspecified atom stereocenters. The number of carbonyl (C=O) groups excluding carboxylic acids is 1. The highest BCUT2D eigenvalue weighted by atomic mass is 19.1. The molecule has 5 aromatic rings. The van der Waals surface area contributed by atoms with Crippen molar-refractivity contribution < 1.29 is 14.3 Å². The molecule has 0 atom stereocenters. The number of benzene rings is 2. The fraction of sp³-hybridized carbons (Fsp3) is 0.235. The van der Waals surface area contributed by atoms with E-state index in [1.165, 1.54) is 12.1 Å². The molecule has 3 aromatic heterocycles. The van der Waals surface area contributed by atoms with Crippen LogP contribution in [0.2, 0.25) is 0 Å². The molecule has 2 aliphatic rings. The van der Waals surface area contributed by atoms with Crippen molar-refractivity contribution in [3.63, 3.8) is 0 Å². The molecule has 222 valence electrons. The number of carbonyl (C=O) groups is 1. The van der Waals surface area contributed by atoms with Gasteiger partial charge >= 0.3 is 0 Å². The maximum atomic E-state index is 14.2. The number of imidazole rings is 1. The normalized spacial score (nSPS) is 15.4. The number of H-pyrrole nitrogens is 2. The Morgan fingerprint density at radius 1 is 1.02 bits per heavy atom. The summed E-state index contributed by atoms with van der Waals surface area (Å²) in [4.78, 5) is 25.5. The maximum Gasteiger partial charge on any atom is 0.224 e. The monoisotopic (exact) mass is 589 g/mol. The van der Waals surface area contributed by atoms with Gasteiger partial charge in [0, 0.05) is 47.3 Å². The largest absolute Gasteiger partial charge is 0.508 e. The SMILES string of the molecule is CC1=CC=C(c2cc(O)cc(F)c2)c2nc(-c3n[nH]c4ccc(-c5cncc(NC(=O)CC6CCNCC6)c5)cc34)[nH]c2C1. The average Bonchev–Trinajstić information content (AvgIpc) is 3.57. The lowest BCUT2D eigenvalue weighted by atomic mass is 9.94. The Kier molecular flexibility index (Phi) is 7.27. The molecular weight excluding hydrogens is 557 g/mol. The minimum absolute atomic E-state index is 0.00737. The van der Waals surface area contributed by atoms with Gasteiger partial charge < -0.3 is 20.7 Å². The van der Waals surface area contributed by atoms with Crippen LogP contribution in [0.15, 0.2) is 72.6 Å². The number of phenolic OH excluding ortho intramolecular Hbond substituents is 1. The second-order valence-corrected chi connectivity index (χ2v) is 11.6. The van der Waals surface area contributed by atoms with Crippen LogP contribution in [0.3, 0.4) is 0 Å². The van der Waals surface area contributed by atoms with E-state index in [-0.39, 0.29) is 11.7 Å². The van der Waals surface area contributed by atoms with Crippen LogP contribution in [0.5, 0.6) is 5.75 Å². The molecule has 5 N–H and O–H groups in total. The highest BCUT2D eigenvalue weighted by Crippen LogP contribution is 2.35. The molecule has 9 nitrogen and oxygen atoms in total. The highest BCUT2D eigenvalue weighted by Gasteiger charge is 2.22. The number of fused-ring (bicyclic) bond motifs is 2. The molecule has 1 amide bonds. The molecule has 0 spiro atoms. The van der Waals surface area contributed by atoms with Gasteiger partial charge in [-0.05, 0) is 80.2 Å². The number of hydrogen-bond donors (Lipinski definition) is 5. The van der Waals surface area contributed by atoms with Crippen LogP contribution in [0.4, 0.5) is 10.1 Å². The van der Waals surface area contributed by atoms with Crippen LogP contribution < -0.4 is 10.6 Å². The van der Waals surface area contributed by atoms with E-state index in [1.54, 1.807) is 12.4 Å². The molecule has 44 heavy (non-hydrogen) atoms. The van der Waals surface area contributed by atoms with E-state index in [9.17, 15) is 14.3 Å². The van der Waals surface area contributed by atoms with Crippen LogP contribution in [-0.2, 0) is 11.2 Å². The van der Waals surface area contributed by atoms with Crippen LogP contribution in [0.1, 0.15) is 43.1 Å². The van der Waals surface area contributed by atoms with E-state index in [2.05, 4.69) is 30.8 Å². The summed E-state index contributed by atoms with van der Waals surface area (Å²) in [6.45, 7) is 3.95. The molecule has 1 fully saturated rings. The number of nitrogens with zero attached hydrogens (tertiary/aromatic N) is 3. The summed E-state index contributed by atoms with van der Waals surface area (Å²) >= 11 is 0. The van der Waals surface area contributed by atoms with Gasteiger partial charge in [0.2, 0.25) is 5.91 Å². The molecule has 1 aliphatic heterocycles. The molecule has 0 radical (unpaired) electrons. The topological polar surface area (TPSA) is 132 Å². The predicted octanol–water partition coefficient (Wildman–Crippen LogP) is 6.12. The van der Waals surface area contributed by atoms with Crippen molar-refractivity contribution in [2.45, 2.75) is 32.6 Å². The molecule has 1 saturated heterocycles. The Hall–Kier alpha value is -5.09. The van der Waals surface area contributed by atoms with E-state index >= 15 is 0 Å². The Balaban J connectivity index is 1.20. The van der Waals surface area contributed by atoms with E-state index in [4.69, 9.17) is 4.98 Å². The standard InChI is InChI=1S/C34H32FN7O2/c1-19-2-4-27(22-12-24(35)16-26(43)14-22)32-30(10-19)39-34(40-32)33-28-15-21(3-5-29(28)41-42-33)23-13-25(18-37-17-23)38-31(44)11-20-6-8-36-9-7-20/h2-5,12-18,20,36,43H,6-11H2,1H3,(H,38,44)(H,39,40)(H,41,42). The average molecular weight is 590 g/mol. The lowest BCUT2D eigenvalue weighted by Gasteiger charge is -2.21. The highest BCUT2D eigenvalue weighted by molar-refractivity contribution is 5.96. The molecule has 2 aromatic carbocycles. The summed E-state index contributed by atoms with van der Waals surface area (Å²) in [6, 6.07) is 11.9. The number of phenols is 1. The Bertz CT molecular complexity index is 1930. The number of piperidine rings is 1. The molecule has 7 rings (SSSR count).